The molecule has 2 unspecified atom stereocenters. The molecule has 0 heterocycles. The first-order valence-corrected chi connectivity index (χ1v) is 6.14. The van der Waals surface area contributed by atoms with Gasteiger partial charge >= 0.3 is 0 Å². The van der Waals surface area contributed by atoms with E-state index in [0.717, 1.165) is 24.8 Å². The lowest BCUT2D eigenvalue weighted by Gasteiger charge is -2.25. The van der Waals surface area contributed by atoms with Crippen LogP contribution in [0, 0.1) is 18.7 Å². The number of hydrogen-bond acceptors (Lipinski definition) is 2. The van der Waals surface area contributed by atoms with Crippen LogP contribution in [0.5, 0.6) is 0 Å². The summed E-state index contributed by atoms with van der Waals surface area (Å²) in [7, 11) is 0. The van der Waals surface area contributed by atoms with Crippen LogP contribution in [0.4, 0.5) is 4.39 Å². The van der Waals surface area contributed by atoms with E-state index in [-0.39, 0.29) is 23.3 Å². The predicted molar refractivity (Wildman–Crippen MR) is 65.4 cm³/mol. The normalized spacial score (nSPS) is 24.6. The molecule has 1 fully saturated rings. The fourth-order valence-corrected chi connectivity index (χ4v) is 2.51. The van der Waals surface area contributed by atoms with E-state index in [1.807, 2.05) is 6.92 Å². The van der Waals surface area contributed by atoms with Crippen molar-refractivity contribution in [2.24, 2.45) is 11.7 Å². The molecule has 2 atom stereocenters. The molecule has 0 amide bonds. The Bertz CT molecular complexity index is 430. The average molecular weight is 235 g/mol. The second-order valence-corrected chi connectivity index (χ2v) is 4.97. The molecule has 0 aliphatic heterocycles. The lowest BCUT2D eigenvalue weighted by Crippen LogP contribution is -2.31. The predicted octanol–water partition coefficient (Wildman–Crippen LogP) is 2.83. The van der Waals surface area contributed by atoms with Gasteiger partial charge in [-0.1, -0.05) is 18.1 Å². The van der Waals surface area contributed by atoms with Gasteiger partial charge in [-0.15, -0.1) is 0 Å². The summed E-state index contributed by atoms with van der Waals surface area (Å²) in [5.41, 5.74) is 7.00. The van der Waals surface area contributed by atoms with Crippen molar-refractivity contribution < 1.29 is 9.18 Å². The smallest absolute Gasteiger partial charge is 0.168 e. The third-order valence-corrected chi connectivity index (χ3v) is 3.47. The van der Waals surface area contributed by atoms with E-state index in [1.165, 1.54) is 6.07 Å². The van der Waals surface area contributed by atoms with Crippen LogP contribution >= 0.6 is 0 Å². The van der Waals surface area contributed by atoms with Crippen LogP contribution in [0.25, 0.3) is 0 Å². The molecule has 17 heavy (non-hydrogen) atoms. The minimum absolute atomic E-state index is 0.0821. The number of nitrogens with two attached hydrogens (primary N) is 1. The van der Waals surface area contributed by atoms with Gasteiger partial charge in [-0.2, -0.15) is 0 Å². The summed E-state index contributed by atoms with van der Waals surface area (Å²) in [6, 6.07) is 4.77. The maximum atomic E-state index is 13.6. The second kappa shape index (κ2) is 4.96. The van der Waals surface area contributed by atoms with Gasteiger partial charge in [-0.3, -0.25) is 4.79 Å². The van der Waals surface area contributed by atoms with Gasteiger partial charge in [0.05, 0.1) is 5.56 Å². The molecule has 1 saturated carbocycles. The van der Waals surface area contributed by atoms with Crippen molar-refractivity contribution in [2.45, 2.75) is 38.6 Å². The Hall–Kier alpha value is -1.22. The fourth-order valence-electron chi connectivity index (χ4n) is 2.51. The van der Waals surface area contributed by atoms with Crippen molar-refractivity contribution in [3.63, 3.8) is 0 Å². The van der Waals surface area contributed by atoms with Crippen molar-refractivity contribution in [2.75, 3.05) is 0 Å². The molecule has 0 radical (unpaired) electrons. The molecule has 1 aromatic rings. The molecule has 92 valence electrons. The lowest BCUT2D eigenvalue weighted by molar-refractivity contribution is 0.0877. The molecule has 0 bridgehead atoms. The van der Waals surface area contributed by atoms with E-state index in [1.54, 1.807) is 12.1 Å². The van der Waals surface area contributed by atoms with E-state index < -0.39 is 5.82 Å². The van der Waals surface area contributed by atoms with Gasteiger partial charge in [-0.05, 0) is 38.3 Å². The summed E-state index contributed by atoms with van der Waals surface area (Å²) >= 11 is 0. The molecular weight excluding hydrogens is 217 g/mol. The largest absolute Gasteiger partial charge is 0.328 e. The van der Waals surface area contributed by atoms with Gasteiger partial charge < -0.3 is 5.73 Å². The monoisotopic (exact) mass is 235 g/mol. The summed E-state index contributed by atoms with van der Waals surface area (Å²) in [4.78, 5) is 12.2. The maximum absolute atomic E-state index is 13.6. The topological polar surface area (TPSA) is 43.1 Å². The van der Waals surface area contributed by atoms with Crippen LogP contribution in [0.3, 0.4) is 0 Å². The summed E-state index contributed by atoms with van der Waals surface area (Å²) in [5.74, 6) is -0.601. The highest BCUT2D eigenvalue weighted by atomic mass is 19.1. The Labute approximate surface area is 101 Å². The summed E-state index contributed by atoms with van der Waals surface area (Å²) in [5, 5.41) is 0. The highest BCUT2D eigenvalue weighted by Crippen LogP contribution is 2.27. The van der Waals surface area contributed by atoms with Crippen molar-refractivity contribution in [3.8, 4) is 0 Å². The van der Waals surface area contributed by atoms with Crippen molar-refractivity contribution in [1.82, 2.24) is 0 Å². The van der Waals surface area contributed by atoms with Gasteiger partial charge in [0.2, 0.25) is 0 Å². The fraction of sp³-hybridized carbons (Fsp3) is 0.500. The standard InChI is InChI=1S/C14H18FNO/c1-9-5-6-13(15)12(7-9)14(17)10-3-2-4-11(16)8-10/h5-7,10-11H,2-4,8,16H2,1H3. The van der Waals surface area contributed by atoms with Gasteiger partial charge in [0, 0.05) is 12.0 Å². The van der Waals surface area contributed by atoms with Gasteiger partial charge in [0.1, 0.15) is 5.82 Å². The number of ketones is 1. The molecular formula is C14H18FNO. The van der Waals surface area contributed by atoms with E-state index >= 15 is 0 Å². The van der Waals surface area contributed by atoms with Crippen molar-refractivity contribution in [1.29, 1.82) is 0 Å². The highest BCUT2D eigenvalue weighted by molar-refractivity contribution is 5.98. The van der Waals surface area contributed by atoms with E-state index in [4.69, 9.17) is 5.73 Å². The molecule has 1 aliphatic rings. The first-order valence-electron chi connectivity index (χ1n) is 6.14. The molecule has 0 aromatic heterocycles. The van der Waals surface area contributed by atoms with Crippen molar-refractivity contribution >= 4 is 5.78 Å². The summed E-state index contributed by atoms with van der Waals surface area (Å²) < 4.78 is 13.6. The number of carbonyl (C=O) groups excluding carboxylic acids is 1. The number of carbonyl (C=O) groups is 1. The van der Waals surface area contributed by atoms with Crippen LogP contribution in [0.2, 0.25) is 0 Å². The molecule has 0 spiro atoms. The first-order chi connectivity index (χ1) is 8.08. The Morgan fingerprint density at radius 2 is 2.18 bits per heavy atom. The molecule has 2 nitrogen and oxygen atoms in total. The number of rotatable bonds is 2. The minimum atomic E-state index is -0.417. The van der Waals surface area contributed by atoms with Crippen LogP contribution in [0.15, 0.2) is 18.2 Å². The number of benzene rings is 1. The Balaban J connectivity index is 2.21. The third kappa shape index (κ3) is 2.72. The molecule has 0 saturated heterocycles. The molecule has 1 aliphatic carbocycles. The molecule has 2 rings (SSSR count). The number of halogens is 1. The third-order valence-electron chi connectivity index (χ3n) is 3.47. The average Bonchev–Trinajstić information content (AvgIpc) is 2.31. The summed E-state index contributed by atoms with van der Waals surface area (Å²) in [6.45, 7) is 1.86. The van der Waals surface area contributed by atoms with Crippen LogP contribution in [-0.4, -0.2) is 11.8 Å². The zero-order valence-electron chi connectivity index (χ0n) is 10.1. The van der Waals surface area contributed by atoms with Crippen LogP contribution < -0.4 is 5.73 Å². The van der Waals surface area contributed by atoms with Gasteiger partial charge in [0.25, 0.3) is 0 Å². The van der Waals surface area contributed by atoms with E-state index in [2.05, 4.69) is 0 Å². The molecule has 3 heteroatoms. The van der Waals surface area contributed by atoms with Gasteiger partial charge in [0.15, 0.2) is 5.78 Å². The number of Topliss-reactive ketones (excluding diaryl/α,β-unsaturated/α-hetero) is 1. The van der Waals surface area contributed by atoms with Gasteiger partial charge in [-0.25, -0.2) is 4.39 Å². The molecule has 1 aromatic carbocycles. The highest BCUT2D eigenvalue weighted by Gasteiger charge is 2.27. The van der Waals surface area contributed by atoms with E-state index in [9.17, 15) is 9.18 Å². The number of aryl methyl sites for hydroxylation is 1. The Morgan fingerprint density at radius 3 is 2.88 bits per heavy atom. The number of hydrogen-bond donors (Lipinski definition) is 1. The van der Waals surface area contributed by atoms with Crippen LogP contribution in [0.1, 0.15) is 41.6 Å². The first kappa shape index (κ1) is 12.2. The lowest BCUT2D eigenvalue weighted by atomic mass is 9.81. The van der Waals surface area contributed by atoms with E-state index in [0.29, 0.717) is 6.42 Å². The second-order valence-electron chi connectivity index (χ2n) is 4.97. The molecule has 2 N–H and O–H groups in total. The Kier molecular flexibility index (Phi) is 3.57. The quantitative estimate of drug-likeness (QED) is 0.801. The minimum Gasteiger partial charge on any atom is -0.328 e. The Morgan fingerprint density at radius 1 is 1.41 bits per heavy atom. The van der Waals surface area contributed by atoms with Crippen LogP contribution in [-0.2, 0) is 0 Å². The zero-order valence-corrected chi connectivity index (χ0v) is 10.1. The maximum Gasteiger partial charge on any atom is 0.168 e. The SMILES string of the molecule is Cc1ccc(F)c(C(=O)C2CCCC(N)C2)c1. The van der Waals surface area contributed by atoms with Crippen molar-refractivity contribution in [3.05, 3.63) is 35.1 Å². The zero-order chi connectivity index (χ0) is 12.4. The summed E-state index contributed by atoms with van der Waals surface area (Å²) in [6.07, 6.45) is 3.46.